The Kier molecular flexibility index (Phi) is 4.21. The highest BCUT2D eigenvalue weighted by Gasteiger charge is 2.12. The van der Waals surface area contributed by atoms with Crippen LogP contribution in [-0.4, -0.2) is 11.1 Å². The zero-order chi connectivity index (χ0) is 14.0. The fraction of sp³-hybridized carbons (Fsp3) is 0. The van der Waals surface area contributed by atoms with Crippen molar-refractivity contribution in [2.45, 2.75) is 9.79 Å². The van der Waals surface area contributed by atoms with Gasteiger partial charge in [-0.2, -0.15) is 0 Å². The second kappa shape index (κ2) is 5.71. The zero-order valence-electron chi connectivity index (χ0n) is 9.36. The molecule has 2 aromatic rings. The fourth-order valence-electron chi connectivity index (χ4n) is 1.42. The van der Waals surface area contributed by atoms with Gasteiger partial charge in [0.1, 0.15) is 0 Å². The molecule has 0 aliphatic rings. The second-order valence-electron chi connectivity index (χ2n) is 3.62. The first-order valence-corrected chi connectivity index (χ1v) is 6.74. The SMILES string of the molecule is O=C(O)c1ccc(Br)cc1Sc1ccc(F)c(F)c1. The Morgan fingerprint density at radius 1 is 1.11 bits per heavy atom. The van der Waals surface area contributed by atoms with Crippen LogP contribution in [0.3, 0.4) is 0 Å². The molecule has 0 aromatic heterocycles. The number of rotatable bonds is 3. The van der Waals surface area contributed by atoms with E-state index < -0.39 is 17.6 Å². The van der Waals surface area contributed by atoms with Gasteiger partial charge < -0.3 is 5.11 Å². The van der Waals surface area contributed by atoms with Crippen LogP contribution in [0.25, 0.3) is 0 Å². The lowest BCUT2D eigenvalue weighted by Crippen LogP contribution is -1.98. The molecular formula is C13H7BrF2O2S. The van der Waals surface area contributed by atoms with E-state index in [2.05, 4.69) is 15.9 Å². The lowest BCUT2D eigenvalue weighted by Gasteiger charge is -2.07. The van der Waals surface area contributed by atoms with E-state index in [1.807, 2.05) is 0 Å². The van der Waals surface area contributed by atoms with Gasteiger partial charge in [0, 0.05) is 14.3 Å². The van der Waals surface area contributed by atoms with E-state index in [0.717, 1.165) is 23.9 Å². The van der Waals surface area contributed by atoms with Crippen LogP contribution in [0.2, 0.25) is 0 Å². The second-order valence-corrected chi connectivity index (χ2v) is 5.65. The van der Waals surface area contributed by atoms with E-state index in [-0.39, 0.29) is 5.56 Å². The maximum atomic E-state index is 13.1. The molecule has 0 aliphatic carbocycles. The Hall–Kier alpha value is -1.40. The summed E-state index contributed by atoms with van der Waals surface area (Å²) in [6, 6.07) is 8.13. The summed E-state index contributed by atoms with van der Waals surface area (Å²) in [5.41, 5.74) is 0.109. The molecule has 0 aliphatic heterocycles. The minimum Gasteiger partial charge on any atom is -0.478 e. The summed E-state index contributed by atoms with van der Waals surface area (Å²) in [5.74, 6) is -2.97. The van der Waals surface area contributed by atoms with Crippen LogP contribution in [0, 0.1) is 11.6 Å². The maximum absolute atomic E-state index is 13.1. The van der Waals surface area contributed by atoms with Gasteiger partial charge in [-0.3, -0.25) is 0 Å². The first-order valence-electron chi connectivity index (χ1n) is 5.13. The first kappa shape index (κ1) is 14.0. The fourth-order valence-corrected chi connectivity index (χ4v) is 2.94. The van der Waals surface area contributed by atoms with E-state index >= 15 is 0 Å². The van der Waals surface area contributed by atoms with Crippen molar-refractivity contribution in [3.8, 4) is 0 Å². The van der Waals surface area contributed by atoms with Crippen molar-refractivity contribution in [1.82, 2.24) is 0 Å². The van der Waals surface area contributed by atoms with Gasteiger partial charge in [0.05, 0.1) is 5.56 Å². The molecule has 0 radical (unpaired) electrons. The number of carboxylic acids is 1. The molecule has 1 N–H and O–H groups in total. The molecule has 2 aromatic carbocycles. The van der Waals surface area contributed by atoms with Crippen LogP contribution in [0.4, 0.5) is 8.78 Å². The molecule has 0 amide bonds. The predicted octanol–water partition coefficient (Wildman–Crippen LogP) is 4.58. The normalized spacial score (nSPS) is 10.5. The van der Waals surface area contributed by atoms with Crippen LogP contribution in [-0.2, 0) is 0 Å². The van der Waals surface area contributed by atoms with Crippen molar-refractivity contribution in [2.24, 2.45) is 0 Å². The summed E-state index contributed by atoms with van der Waals surface area (Å²) in [7, 11) is 0. The summed E-state index contributed by atoms with van der Waals surface area (Å²) in [5, 5.41) is 9.07. The van der Waals surface area contributed by atoms with Gasteiger partial charge in [-0.15, -0.1) is 0 Å². The highest BCUT2D eigenvalue weighted by molar-refractivity contribution is 9.10. The highest BCUT2D eigenvalue weighted by Crippen LogP contribution is 2.33. The number of aromatic carboxylic acids is 1. The third-order valence-corrected chi connectivity index (χ3v) is 3.83. The molecule has 2 nitrogen and oxygen atoms in total. The monoisotopic (exact) mass is 344 g/mol. The van der Waals surface area contributed by atoms with E-state index in [1.165, 1.54) is 12.1 Å². The molecule has 0 unspecified atom stereocenters. The third kappa shape index (κ3) is 3.33. The Morgan fingerprint density at radius 3 is 2.47 bits per heavy atom. The Morgan fingerprint density at radius 2 is 1.84 bits per heavy atom. The third-order valence-electron chi connectivity index (χ3n) is 2.29. The van der Waals surface area contributed by atoms with Crippen molar-refractivity contribution >= 4 is 33.7 Å². The zero-order valence-corrected chi connectivity index (χ0v) is 11.8. The molecule has 98 valence electrons. The van der Waals surface area contributed by atoms with Crippen molar-refractivity contribution in [2.75, 3.05) is 0 Å². The lowest BCUT2D eigenvalue weighted by atomic mass is 10.2. The molecule has 2 rings (SSSR count). The smallest absolute Gasteiger partial charge is 0.336 e. The molecule has 0 saturated carbocycles. The molecule has 6 heteroatoms. The minimum absolute atomic E-state index is 0.109. The Balaban J connectivity index is 2.39. The summed E-state index contributed by atoms with van der Waals surface area (Å²) in [6.07, 6.45) is 0. The average molecular weight is 345 g/mol. The summed E-state index contributed by atoms with van der Waals surface area (Å²) in [4.78, 5) is 12.0. The van der Waals surface area contributed by atoms with Gasteiger partial charge in [-0.1, -0.05) is 27.7 Å². The van der Waals surface area contributed by atoms with Crippen molar-refractivity contribution in [3.63, 3.8) is 0 Å². The molecule has 0 heterocycles. The highest BCUT2D eigenvalue weighted by atomic mass is 79.9. The molecule has 0 atom stereocenters. The van der Waals surface area contributed by atoms with Crippen LogP contribution in [0.1, 0.15) is 10.4 Å². The van der Waals surface area contributed by atoms with Gasteiger partial charge in [0.15, 0.2) is 11.6 Å². The summed E-state index contributed by atoms with van der Waals surface area (Å²) < 4.78 is 26.6. The summed E-state index contributed by atoms with van der Waals surface area (Å²) in [6.45, 7) is 0. The van der Waals surface area contributed by atoms with Gasteiger partial charge in [-0.05, 0) is 36.4 Å². The molecule has 0 saturated heterocycles. The van der Waals surface area contributed by atoms with E-state index in [0.29, 0.717) is 14.3 Å². The van der Waals surface area contributed by atoms with Gasteiger partial charge in [0.2, 0.25) is 0 Å². The van der Waals surface area contributed by atoms with E-state index in [1.54, 1.807) is 12.1 Å². The van der Waals surface area contributed by atoms with Gasteiger partial charge in [-0.25, -0.2) is 13.6 Å². The van der Waals surface area contributed by atoms with Crippen molar-refractivity contribution in [3.05, 3.63) is 58.1 Å². The van der Waals surface area contributed by atoms with Crippen molar-refractivity contribution in [1.29, 1.82) is 0 Å². The minimum atomic E-state index is -1.07. The molecule has 0 bridgehead atoms. The Labute approximate surface area is 120 Å². The first-order chi connectivity index (χ1) is 8.97. The average Bonchev–Trinajstić information content (AvgIpc) is 2.33. The number of carboxylic acid groups (broad SMARTS) is 1. The number of benzene rings is 2. The molecule has 19 heavy (non-hydrogen) atoms. The van der Waals surface area contributed by atoms with Gasteiger partial charge in [0.25, 0.3) is 0 Å². The standard InChI is InChI=1S/C13H7BrF2O2S/c14-7-1-3-9(13(17)18)12(5-7)19-8-2-4-10(15)11(16)6-8/h1-6H,(H,17,18). The van der Waals surface area contributed by atoms with Crippen molar-refractivity contribution < 1.29 is 18.7 Å². The Bertz CT molecular complexity index is 647. The van der Waals surface area contributed by atoms with Crippen LogP contribution in [0.5, 0.6) is 0 Å². The van der Waals surface area contributed by atoms with Crippen LogP contribution < -0.4 is 0 Å². The largest absolute Gasteiger partial charge is 0.478 e. The van der Waals surface area contributed by atoms with Crippen LogP contribution in [0.15, 0.2) is 50.7 Å². The molecule has 0 spiro atoms. The predicted molar refractivity (Wildman–Crippen MR) is 71.6 cm³/mol. The van der Waals surface area contributed by atoms with Gasteiger partial charge >= 0.3 is 5.97 Å². The molecular weight excluding hydrogens is 338 g/mol. The number of hydrogen-bond donors (Lipinski definition) is 1. The van der Waals surface area contributed by atoms with E-state index in [9.17, 15) is 13.6 Å². The number of hydrogen-bond acceptors (Lipinski definition) is 2. The van der Waals surface area contributed by atoms with E-state index in [4.69, 9.17) is 5.11 Å². The summed E-state index contributed by atoms with van der Waals surface area (Å²) >= 11 is 4.31. The topological polar surface area (TPSA) is 37.3 Å². The molecule has 0 fully saturated rings. The maximum Gasteiger partial charge on any atom is 0.336 e. The number of halogens is 3. The number of carbonyl (C=O) groups is 1. The lowest BCUT2D eigenvalue weighted by molar-refractivity contribution is 0.0693. The van der Waals surface area contributed by atoms with Crippen LogP contribution >= 0.6 is 27.7 Å². The quantitative estimate of drug-likeness (QED) is 0.885.